The molecule has 0 N–H and O–H groups in total. The van der Waals surface area contributed by atoms with Crippen LogP contribution in [0.2, 0.25) is 0 Å². The molecule has 2 bridgehead atoms. The first-order chi connectivity index (χ1) is 19.1. The zero-order valence-corrected chi connectivity index (χ0v) is 23.4. The molecule has 0 radical (unpaired) electrons. The van der Waals surface area contributed by atoms with Crippen molar-refractivity contribution in [2.45, 2.75) is 88.4 Å². The number of ether oxygens (including phenoxy) is 1. The zero-order chi connectivity index (χ0) is 26.2. The number of methoxy groups -OCH3 is 1. The first-order valence-corrected chi connectivity index (χ1v) is 14.9. The number of hydrogen-bond acceptors (Lipinski definition) is 6. The van der Waals surface area contributed by atoms with E-state index in [1.165, 1.54) is 81.1 Å². The van der Waals surface area contributed by atoms with Crippen molar-refractivity contribution in [3.05, 3.63) is 41.9 Å². The van der Waals surface area contributed by atoms with Crippen LogP contribution in [0.5, 0.6) is 5.75 Å². The third-order valence-electron chi connectivity index (χ3n) is 10.3. The number of hydrogen-bond donors (Lipinski definition) is 0. The fraction of sp³-hybridized carbons (Fsp3) is 0.581. The first-order valence-electron chi connectivity index (χ1n) is 14.9. The van der Waals surface area contributed by atoms with Gasteiger partial charge in [0.05, 0.1) is 18.1 Å². The number of benzene rings is 1. The summed E-state index contributed by atoms with van der Waals surface area (Å²) in [5.74, 6) is 2.24. The van der Waals surface area contributed by atoms with Gasteiger partial charge in [0.15, 0.2) is 11.4 Å². The van der Waals surface area contributed by atoms with Crippen molar-refractivity contribution < 1.29 is 4.74 Å². The lowest BCUT2D eigenvalue weighted by Crippen LogP contribution is -2.52. The van der Waals surface area contributed by atoms with Crippen LogP contribution in [-0.2, 0) is 7.05 Å². The number of rotatable bonds is 5. The number of imidazole rings is 1. The minimum Gasteiger partial charge on any atom is -0.493 e. The highest BCUT2D eigenvalue weighted by atomic mass is 16.5. The Morgan fingerprint density at radius 1 is 0.897 bits per heavy atom. The van der Waals surface area contributed by atoms with E-state index in [1.54, 1.807) is 18.0 Å². The maximum atomic E-state index is 5.60. The van der Waals surface area contributed by atoms with Gasteiger partial charge in [0, 0.05) is 43.0 Å². The number of likely N-dealkylation sites (tertiary alicyclic amines) is 1. The van der Waals surface area contributed by atoms with Gasteiger partial charge in [-0.15, -0.1) is 0 Å². The first kappa shape index (κ1) is 23.9. The number of aryl methyl sites for hydroxylation is 2. The topological polar surface area (TPSA) is 63.7 Å². The van der Waals surface area contributed by atoms with Crippen molar-refractivity contribution in [3.8, 4) is 17.1 Å². The fourth-order valence-electron chi connectivity index (χ4n) is 8.20. The van der Waals surface area contributed by atoms with E-state index in [1.807, 2.05) is 12.3 Å². The van der Waals surface area contributed by atoms with Gasteiger partial charge in [-0.1, -0.05) is 6.07 Å². The van der Waals surface area contributed by atoms with E-state index in [4.69, 9.17) is 9.72 Å². The van der Waals surface area contributed by atoms with Crippen LogP contribution in [0, 0.1) is 6.92 Å². The molecule has 8 heteroatoms. The second kappa shape index (κ2) is 9.03. The van der Waals surface area contributed by atoms with Crippen LogP contribution in [-0.4, -0.2) is 78.3 Å². The summed E-state index contributed by atoms with van der Waals surface area (Å²) in [7, 11) is 3.79. The Morgan fingerprint density at radius 2 is 1.64 bits per heavy atom. The molecule has 4 aliphatic rings. The van der Waals surface area contributed by atoms with Gasteiger partial charge in [-0.05, 0) is 101 Å². The lowest BCUT2D eigenvalue weighted by Gasteiger charge is -2.45. The molecule has 0 spiro atoms. The second-order valence-electron chi connectivity index (χ2n) is 12.5. The maximum absolute atomic E-state index is 5.60. The molecule has 204 valence electrons. The van der Waals surface area contributed by atoms with Crippen LogP contribution in [0.3, 0.4) is 0 Å². The summed E-state index contributed by atoms with van der Waals surface area (Å²) in [4.78, 5) is 15.2. The summed E-state index contributed by atoms with van der Waals surface area (Å²) in [5.41, 5.74) is 6.69. The van der Waals surface area contributed by atoms with Gasteiger partial charge < -0.3 is 14.2 Å². The van der Waals surface area contributed by atoms with Crippen molar-refractivity contribution >= 4 is 16.7 Å². The Hall–Kier alpha value is -2.97. The molecule has 4 aromatic rings. The van der Waals surface area contributed by atoms with Crippen molar-refractivity contribution in [3.63, 3.8) is 0 Å². The van der Waals surface area contributed by atoms with E-state index >= 15 is 0 Å². The second-order valence-corrected chi connectivity index (χ2v) is 12.5. The van der Waals surface area contributed by atoms with Crippen LogP contribution in [0.4, 0.5) is 0 Å². The van der Waals surface area contributed by atoms with Crippen molar-refractivity contribution in [2.75, 3.05) is 20.2 Å². The van der Waals surface area contributed by atoms with Crippen molar-refractivity contribution in [2.24, 2.45) is 7.05 Å². The molecule has 3 saturated heterocycles. The molecule has 6 heterocycles. The van der Waals surface area contributed by atoms with Gasteiger partial charge in [0.2, 0.25) is 0 Å². The third-order valence-corrected chi connectivity index (χ3v) is 10.3. The molecule has 2 unspecified atom stereocenters. The number of nitrogens with zero attached hydrogens (tertiary/aromatic N) is 7. The van der Waals surface area contributed by atoms with Crippen molar-refractivity contribution in [1.82, 2.24) is 33.9 Å². The largest absolute Gasteiger partial charge is 0.493 e. The van der Waals surface area contributed by atoms with Gasteiger partial charge in [-0.2, -0.15) is 5.10 Å². The summed E-state index contributed by atoms with van der Waals surface area (Å²) in [5, 5.41) is 4.34. The van der Waals surface area contributed by atoms with Crippen LogP contribution < -0.4 is 4.74 Å². The van der Waals surface area contributed by atoms with Gasteiger partial charge in [0.1, 0.15) is 12.2 Å². The molecule has 8 nitrogen and oxygen atoms in total. The fourth-order valence-corrected chi connectivity index (χ4v) is 8.20. The molecular formula is C31H39N7O. The Kier molecular flexibility index (Phi) is 5.53. The van der Waals surface area contributed by atoms with E-state index in [0.29, 0.717) is 17.3 Å². The third kappa shape index (κ3) is 3.90. The highest BCUT2D eigenvalue weighted by Crippen LogP contribution is 2.45. The summed E-state index contributed by atoms with van der Waals surface area (Å²) in [6.07, 6.45) is 14.7. The molecule has 8 rings (SSSR count). The molecule has 3 aliphatic heterocycles. The molecule has 1 saturated carbocycles. The average Bonchev–Trinajstić information content (AvgIpc) is 3.49. The average molecular weight is 526 g/mol. The minimum absolute atomic E-state index is 0.623. The number of aromatic nitrogens is 5. The van der Waals surface area contributed by atoms with E-state index in [9.17, 15) is 0 Å². The highest BCUT2D eigenvalue weighted by Gasteiger charge is 2.48. The lowest BCUT2D eigenvalue weighted by atomic mass is 9.86. The van der Waals surface area contributed by atoms with Crippen LogP contribution >= 0.6 is 0 Å². The Labute approximate surface area is 230 Å². The molecular weight excluding hydrogens is 486 g/mol. The Balaban J connectivity index is 1.02. The summed E-state index contributed by atoms with van der Waals surface area (Å²) in [6.45, 7) is 4.69. The summed E-state index contributed by atoms with van der Waals surface area (Å²) < 4.78 is 9.59. The van der Waals surface area contributed by atoms with E-state index in [0.717, 1.165) is 41.1 Å². The van der Waals surface area contributed by atoms with E-state index in [-0.39, 0.29) is 0 Å². The SMILES string of the molecule is COc1cc(-c2nc3c(C)cc(C4CCN(C5CC6CCC(C5)N6C5CC5)CC4)cc3n2C)cn2ncnc12. The standard InChI is InChI=1S/C31H39N7O/c1-19-12-21(20-8-10-36(11-9-20)26-15-24-6-7-25(16-26)38(24)23-4-5-23)13-27-29(19)34-30(35(27)2)22-14-28(39-3)31-32-18-33-37(31)17-22/h12-14,17-18,20,23-26H,4-11,15-16H2,1-3H3. The van der Waals surface area contributed by atoms with Crippen molar-refractivity contribution in [1.29, 1.82) is 0 Å². The smallest absolute Gasteiger partial charge is 0.197 e. The molecule has 2 atom stereocenters. The molecule has 39 heavy (non-hydrogen) atoms. The number of piperidine rings is 2. The quantitative estimate of drug-likeness (QED) is 0.368. The molecule has 3 aromatic heterocycles. The normalized spacial score (nSPS) is 26.7. The van der Waals surface area contributed by atoms with Gasteiger partial charge >= 0.3 is 0 Å². The Morgan fingerprint density at radius 3 is 2.36 bits per heavy atom. The summed E-state index contributed by atoms with van der Waals surface area (Å²) >= 11 is 0. The van der Waals surface area contributed by atoms with Gasteiger partial charge in [0.25, 0.3) is 0 Å². The number of pyridine rings is 1. The zero-order valence-electron chi connectivity index (χ0n) is 23.4. The van der Waals surface area contributed by atoms with Crippen LogP contribution in [0.25, 0.3) is 28.1 Å². The van der Waals surface area contributed by atoms with E-state index < -0.39 is 0 Å². The predicted octanol–water partition coefficient (Wildman–Crippen LogP) is 4.94. The Bertz CT molecular complexity index is 1530. The molecule has 0 amide bonds. The monoisotopic (exact) mass is 525 g/mol. The molecule has 1 aliphatic carbocycles. The van der Waals surface area contributed by atoms with Crippen LogP contribution in [0.1, 0.15) is 68.4 Å². The molecule has 1 aromatic carbocycles. The lowest BCUT2D eigenvalue weighted by molar-refractivity contribution is 0.0418. The van der Waals surface area contributed by atoms with E-state index in [2.05, 4.69) is 50.6 Å². The number of fused-ring (bicyclic) bond motifs is 4. The summed E-state index contributed by atoms with van der Waals surface area (Å²) in [6, 6.07) is 10.3. The maximum Gasteiger partial charge on any atom is 0.197 e. The van der Waals surface area contributed by atoms with Crippen LogP contribution in [0.15, 0.2) is 30.7 Å². The predicted molar refractivity (Wildman–Crippen MR) is 152 cm³/mol. The minimum atomic E-state index is 0.623. The highest BCUT2D eigenvalue weighted by molar-refractivity contribution is 5.84. The van der Waals surface area contributed by atoms with Gasteiger partial charge in [-0.25, -0.2) is 14.5 Å². The van der Waals surface area contributed by atoms with Gasteiger partial charge in [-0.3, -0.25) is 4.90 Å². The molecule has 4 fully saturated rings.